The molecule has 0 bridgehead atoms. The van der Waals surface area contributed by atoms with Crippen molar-refractivity contribution in [3.8, 4) is 5.75 Å². The summed E-state index contributed by atoms with van der Waals surface area (Å²) in [5.41, 5.74) is 2.21. The third-order valence-electron chi connectivity index (χ3n) is 4.73. The minimum Gasteiger partial charge on any atom is -0.507 e. The van der Waals surface area contributed by atoms with Crippen molar-refractivity contribution in [3.05, 3.63) is 71.2 Å². The number of furan rings is 1. The summed E-state index contributed by atoms with van der Waals surface area (Å²) in [7, 11) is 0. The van der Waals surface area contributed by atoms with Gasteiger partial charge in [0.2, 0.25) is 0 Å². The summed E-state index contributed by atoms with van der Waals surface area (Å²) in [5, 5.41) is 12.9. The number of aromatic hydroxyl groups is 1. The van der Waals surface area contributed by atoms with Crippen LogP contribution in [0, 0.1) is 6.92 Å². The van der Waals surface area contributed by atoms with Crippen LogP contribution in [-0.4, -0.2) is 28.9 Å². The Kier molecular flexibility index (Phi) is 4.99. The minimum absolute atomic E-state index is 0.0504. The third kappa shape index (κ3) is 3.33. The molecule has 0 amide bonds. The topological polar surface area (TPSA) is 84.9 Å². The molecule has 29 heavy (non-hydrogen) atoms. The molecule has 2 aromatic heterocycles. The van der Waals surface area contributed by atoms with Gasteiger partial charge in [0.1, 0.15) is 22.7 Å². The van der Waals surface area contributed by atoms with Crippen molar-refractivity contribution in [2.75, 3.05) is 6.61 Å². The van der Waals surface area contributed by atoms with E-state index in [9.17, 15) is 9.90 Å². The van der Waals surface area contributed by atoms with Crippen molar-refractivity contribution in [1.82, 2.24) is 4.98 Å². The SMILES string of the molecule is CCOC(=O)c1c(C)oc2c1c(C=NCc1cccnc1)c(O)c1ccccc12. The first-order chi connectivity index (χ1) is 14.1. The van der Waals surface area contributed by atoms with Gasteiger partial charge < -0.3 is 14.3 Å². The Morgan fingerprint density at radius 2 is 2.03 bits per heavy atom. The van der Waals surface area contributed by atoms with Crippen molar-refractivity contribution in [1.29, 1.82) is 0 Å². The number of phenolic OH excluding ortho intramolecular Hbond substituents is 1. The molecular weight excluding hydrogens is 368 g/mol. The standard InChI is InChI=1S/C23H20N2O4/c1-3-28-23(27)19-14(2)29-22-17-9-5-4-8-16(17)21(26)18(20(19)22)13-25-12-15-7-6-10-24-11-15/h4-11,13,26H,3,12H2,1-2H3. The lowest BCUT2D eigenvalue weighted by atomic mass is 9.98. The Morgan fingerprint density at radius 3 is 2.76 bits per heavy atom. The lowest BCUT2D eigenvalue weighted by Gasteiger charge is -2.08. The third-order valence-corrected chi connectivity index (χ3v) is 4.73. The average molecular weight is 388 g/mol. The number of hydrogen-bond acceptors (Lipinski definition) is 6. The number of phenols is 1. The van der Waals surface area contributed by atoms with Gasteiger partial charge in [-0.25, -0.2) is 4.79 Å². The first-order valence-electron chi connectivity index (χ1n) is 9.34. The number of fused-ring (bicyclic) bond motifs is 3. The van der Waals surface area contributed by atoms with Gasteiger partial charge in [-0.1, -0.05) is 30.3 Å². The van der Waals surface area contributed by atoms with Crippen LogP contribution in [0.5, 0.6) is 5.75 Å². The Morgan fingerprint density at radius 1 is 1.24 bits per heavy atom. The smallest absolute Gasteiger partial charge is 0.342 e. The van der Waals surface area contributed by atoms with Crippen LogP contribution in [0.15, 0.2) is 58.2 Å². The monoisotopic (exact) mass is 388 g/mol. The molecule has 0 spiro atoms. The van der Waals surface area contributed by atoms with Crippen molar-refractivity contribution < 1.29 is 19.1 Å². The summed E-state index contributed by atoms with van der Waals surface area (Å²) in [6.07, 6.45) is 5.01. The number of aliphatic imine (C=N–C) groups is 1. The molecule has 0 unspecified atom stereocenters. The van der Waals surface area contributed by atoms with Crippen molar-refractivity contribution in [2.45, 2.75) is 20.4 Å². The Bertz CT molecular complexity index is 1230. The van der Waals surface area contributed by atoms with Crippen LogP contribution >= 0.6 is 0 Å². The molecule has 1 N–H and O–H groups in total. The van der Waals surface area contributed by atoms with Crippen molar-refractivity contribution in [3.63, 3.8) is 0 Å². The maximum atomic E-state index is 12.6. The van der Waals surface area contributed by atoms with Crippen LogP contribution in [0.3, 0.4) is 0 Å². The Labute approximate surface area is 167 Å². The highest BCUT2D eigenvalue weighted by molar-refractivity contribution is 6.21. The molecule has 2 heterocycles. The average Bonchev–Trinajstić information content (AvgIpc) is 3.08. The van der Waals surface area contributed by atoms with Gasteiger partial charge in [0.25, 0.3) is 0 Å². The van der Waals surface area contributed by atoms with E-state index in [1.807, 2.05) is 36.4 Å². The highest BCUT2D eigenvalue weighted by atomic mass is 16.5. The lowest BCUT2D eigenvalue weighted by molar-refractivity contribution is 0.0526. The van der Waals surface area contributed by atoms with Crippen LogP contribution in [0.4, 0.5) is 0 Å². The maximum Gasteiger partial charge on any atom is 0.342 e. The number of hydrogen-bond donors (Lipinski definition) is 1. The van der Waals surface area contributed by atoms with E-state index >= 15 is 0 Å². The van der Waals surface area contributed by atoms with Crippen LogP contribution < -0.4 is 0 Å². The fourth-order valence-corrected chi connectivity index (χ4v) is 3.45. The number of carbonyl (C=O) groups is 1. The molecule has 0 aliphatic heterocycles. The number of carbonyl (C=O) groups excluding carboxylic acids is 1. The van der Waals surface area contributed by atoms with Crippen molar-refractivity contribution in [2.24, 2.45) is 4.99 Å². The molecule has 4 aromatic rings. The number of esters is 1. The number of nitrogens with zero attached hydrogens (tertiary/aromatic N) is 2. The van der Waals surface area contributed by atoms with E-state index in [-0.39, 0.29) is 12.4 Å². The number of ether oxygens (including phenoxy) is 1. The predicted octanol–water partition coefficient (Wildman–Crippen LogP) is 4.79. The molecule has 0 saturated carbocycles. The molecule has 146 valence electrons. The molecule has 0 aliphatic carbocycles. The second-order valence-corrected chi connectivity index (χ2v) is 6.60. The zero-order valence-electron chi connectivity index (χ0n) is 16.2. The number of benzene rings is 2. The van der Waals surface area contributed by atoms with E-state index < -0.39 is 5.97 Å². The molecular formula is C23H20N2O4. The molecule has 2 aromatic carbocycles. The van der Waals surface area contributed by atoms with Gasteiger partial charge in [0, 0.05) is 40.3 Å². The van der Waals surface area contributed by atoms with E-state index in [4.69, 9.17) is 9.15 Å². The Balaban J connectivity index is 1.94. The molecule has 4 rings (SSSR count). The molecule has 6 nitrogen and oxygen atoms in total. The number of pyridine rings is 1. The van der Waals surface area contributed by atoms with E-state index in [0.717, 1.165) is 10.9 Å². The molecule has 0 aliphatic rings. The first kappa shape index (κ1) is 18.7. The van der Waals surface area contributed by atoms with Gasteiger partial charge >= 0.3 is 5.97 Å². The number of rotatable bonds is 5. The molecule has 0 saturated heterocycles. The fourth-order valence-electron chi connectivity index (χ4n) is 3.45. The van der Waals surface area contributed by atoms with Gasteiger partial charge in [0.05, 0.1) is 13.2 Å². The van der Waals surface area contributed by atoms with Crippen LogP contribution in [-0.2, 0) is 11.3 Å². The summed E-state index contributed by atoms with van der Waals surface area (Å²) in [4.78, 5) is 21.2. The number of aromatic nitrogens is 1. The first-order valence-corrected chi connectivity index (χ1v) is 9.34. The molecule has 6 heteroatoms. The summed E-state index contributed by atoms with van der Waals surface area (Å²) < 4.78 is 11.2. The summed E-state index contributed by atoms with van der Waals surface area (Å²) in [5.74, 6) is 0.00541. The minimum atomic E-state index is -0.486. The maximum absolute atomic E-state index is 12.6. The summed E-state index contributed by atoms with van der Waals surface area (Å²) in [6.45, 7) is 4.11. The van der Waals surface area contributed by atoms with Crippen LogP contribution in [0.25, 0.3) is 21.7 Å². The van der Waals surface area contributed by atoms with E-state index in [1.165, 1.54) is 0 Å². The lowest BCUT2D eigenvalue weighted by Crippen LogP contribution is -2.06. The highest BCUT2D eigenvalue weighted by Gasteiger charge is 2.25. The largest absolute Gasteiger partial charge is 0.507 e. The zero-order chi connectivity index (χ0) is 20.4. The molecule has 0 radical (unpaired) electrons. The molecule has 0 fully saturated rings. The van der Waals surface area contributed by atoms with E-state index in [1.54, 1.807) is 32.5 Å². The zero-order valence-corrected chi connectivity index (χ0v) is 16.2. The highest BCUT2D eigenvalue weighted by Crippen LogP contribution is 2.40. The van der Waals surface area contributed by atoms with Crippen molar-refractivity contribution >= 4 is 33.9 Å². The van der Waals surface area contributed by atoms with Gasteiger partial charge in [-0.15, -0.1) is 0 Å². The second-order valence-electron chi connectivity index (χ2n) is 6.60. The summed E-state index contributed by atoms with van der Waals surface area (Å²) in [6, 6.07) is 11.1. The number of aryl methyl sites for hydroxylation is 1. The molecule has 0 atom stereocenters. The fraction of sp³-hybridized carbons (Fsp3) is 0.174. The predicted molar refractivity (Wildman–Crippen MR) is 112 cm³/mol. The quantitative estimate of drug-likeness (QED) is 0.392. The van der Waals surface area contributed by atoms with E-state index in [0.29, 0.717) is 39.8 Å². The normalized spacial score (nSPS) is 11.5. The summed E-state index contributed by atoms with van der Waals surface area (Å²) >= 11 is 0. The van der Waals surface area contributed by atoms with Crippen LogP contribution in [0.2, 0.25) is 0 Å². The van der Waals surface area contributed by atoms with E-state index in [2.05, 4.69) is 9.98 Å². The van der Waals surface area contributed by atoms with Gasteiger partial charge in [-0.05, 0) is 25.5 Å². The Hall–Kier alpha value is -3.67. The van der Waals surface area contributed by atoms with Crippen LogP contribution in [0.1, 0.15) is 34.2 Å². The van der Waals surface area contributed by atoms with Gasteiger partial charge in [0.15, 0.2) is 0 Å². The van der Waals surface area contributed by atoms with Gasteiger partial charge in [-0.2, -0.15) is 0 Å². The van der Waals surface area contributed by atoms with Gasteiger partial charge in [-0.3, -0.25) is 9.98 Å². The second kappa shape index (κ2) is 7.75.